The van der Waals surface area contributed by atoms with Crippen LogP contribution < -0.4 is 0 Å². The Morgan fingerprint density at radius 1 is 1.78 bits per heavy atom. The molecule has 50 valence electrons. The zero-order chi connectivity index (χ0) is 6.53. The molecule has 1 aromatic heterocycles. The summed E-state index contributed by atoms with van der Waals surface area (Å²) in [6, 6.07) is 0. The molecule has 0 saturated heterocycles. The van der Waals surface area contributed by atoms with Crippen LogP contribution in [0.1, 0.15) is 0 Å². The first kappa shape index (κ1) is 7.31. The van der Waals surface area contributed by atoms with Crippen LogP contribution in [0.15, 0.2) is 10.7 Å². The average Bonchev–Trinajstić information content (AvgIpc) is 2.34. The summed E-state index contributed by atoms with van der Waals surface area (Å²) < 4.78 is 4.84. The molecule has 0 aliphatic heterocycles. The molecule has 0 aromatic carbocycles. The molecule has 0 saturated carbocycles. The number of aromatic nitrogens is 2. The van der Waals surface area contributed by atoms with Gasteiger partial charge in [0.05, 0.1) is 0 Å². The first-order valence-electron chi connectivity index (χ1n) is 2.39. The molecular weight excluding hydrogens is 176 g/mol. The van der Waals surface area contributed by atoms with Crippen molar-refractivity contribution in [3.63, 3.8) is 0 Å². The topological polar surface area (TPSA) is 25.8 Å². The van der Waals surface area contributed by atoms with E-state index in [1.54, 1.807) is 18.1 Å². The Balaban J connectivity index is 2.30. The molecule has 0 N–H and O–H groups in total. The van der Waals surface area contributed by atoms with E-state index < -0.39 is 0 Å². The van der Waals surface area contributed by atoms with E-state index >= 15 is 0 Å². The minimum absolute atomic E-state index is 0.671. The zero-order valence-corrected chi connectivity index (χ0v) is 6.97. The van der Waals surface area contributed by atoms with E-state index in [2.05, 4.69) is 9.36 Å². The number of alkyl halides is 1. The summed E-state index contributed by atoms with van der Waals surface area (Å²) in [5.74, 6) is 1.58. The lowest BCUT2D eigenvalue weighted by molar-refractivity contribution is 1.21. The van der Waals surface area contributed by atoms with Gasteiger partial charge in [-0.1, -0.05) is 11.8 Å². The van der Waals surface area contributed by atoms with Crippen LogP contribution in [-0.2, 0) is 0 Å². The Morgan fingerprint density at radius 2 is 2.67 bits per heavy atom. The lowest BCUT2D eigenvalue weighted by atomic mass is 11.0. The van der Waals surface area contributed by atoms with Crippen LogP contribution in [0.25, 0.3) is 0 Å². The molecule has 0 amide bonds. The summed E-state index contributed by atoms with van der Waals surface area (Å²) in [6.07, 6.45) is 1.56. The molecule has 0 aliphatic carbocycles. The number of rotatable bonds is 3. The van der Waals surface area contributed by atoms with E-state index in [0.717, 1.165) is 10.1 Å². The lowest BCUT2D eigenvalue weighted by Crippen LogP contribution is -1.76. The van der Waals surface area contributed by atoms with E-state index in [0.29, 0.717) is 5.88 Å². The molecular formula is C4H5ClN2S2. The van der Waals surface area contributed by atoms with Crippen LogP contribution in [-0.4, -0.2) is 21.0 Å². The Hall–Kier alpha value is 0.200. The minimum atomic E-state index is 0.671. The quantitative estimate of drug-likeness (QED) is 0.525. The minimum Gasteiger partial charge on any atom is -0.216 e. The zero-order valence-electron chi connectivity index (χ0n) is 4.58. The monoisotopic (exact) mass is 180 g/mol. The summed E-state index contributed by atoms with van der Waals surface area (Å²) in [4.78, 5) is 3.97. The van der Waals surface area contributed by atoms with Gasteiger partial charge in [0, 0.05) is 11.6 Å². The van der Waals surface area contributed by atoms with Crippen LogP contribution in [0.4, 0.5) is 0 Å². The van der Waals surface area contributed by atoms with Crippen molar-refractivity contribution in [3.8, 4) is 0 Å². The molecule has 2 nitrogen and oxygen atoms in total. The predicted molar refractivity (Wildman–Crippen MR) is 41.4 cm³/mol. The number of thioether (sulfide) groups is 1. The van der Waals surface area contributed by atoms with Gasteiger partial charge in [0.2, 0.25) is 0 Å². The fourth-order valence-corrected chi connectivity index (χ4v) is 1.83. The highest BCUT2D eigenvalue weighted by Gasteiger charge is 1.93. The number of halogens is 1. The van der Waals surface area contributed by atoms with Crippen molar-refractivity contribution in [1.29, 1.82) is 0 Å². The third-order valence-electron chi connectivity index (χ3n) is 0.644. The van der Waals surface area contributed by atoms with Crippen molar-refractivity contribution < 1.29 is 0 Å². The van der Waals surface area contributed by atoms with E-state index in [-0.39, 0.29) is 0 Å². The molecule has 0 spiro atoms. The molecule has 5 heteroatoms. The molecule has 9 heavy (non-hydrogen) atoms. The second-order valence-electron chi connectivity index (χ2n) is 1.24. The highest BCUT2D eigenvalue weighted by Crippen LogP contribution is 2.17. The SMILES string of the molecule is ClCCSc1ncns1. The first-order chi connectivity index (χ1) is 4.43. The third kappa shape index (κ3) is 2.51. The van der Waals surface area contributed by atoms with Crippen molar-refractivity contribution in [2.45, 2.75) is 4.34 Å². The Morgan fingerprint density at radius 3 is 3.22 bits per heavy atom. The van der Waals surface area contributed by atoms with Crippen LogP contribution in [0.3, 0.4) is 0 Å². The summed E-state index contributed by atoms with van der Waals surface area (Å²) in [7, 11) is 0. The highest BCUT2D eigenvalue weighted by molar-refractivity contribution is 8.01. The number of hydrogen-bond donors (Lipinski definition) is 0. The molecule has 1 rings (SSSR count). The molecule has 0 unspecified atom stereocenters. The van der Waals surface area contributed by atoms with Gasteiger partial charge in [0.15, 0.2) is 4.34 Å². The third-order valence-corrected chi connectivity index (χ3v) is 2.86. The average molecular weight is 181 g/mol. The predicted octanol–water partition coefficient (Wildman–Crippen LogP) is 1.87. The summed E-state index contributed by atoms with van der Waals surface area (Å²) in [6.45, 7) is 0. The van der Waals surface area contributed by atoms with Gasteiger partial charge in [-0.15, -0.1) is 11.6 Å². The van der Waals surface area contributed by atoms with E-state index in [1.807, 2.05) is 0 Å². The molecule has 0 bridgehead atoms. The molecule has 1 heterocycles. The lowest BCUT2D eigenvalue weighted by Gasteiger charge is -1.86. The summed E-state index contributed by atoms with van der Waals surface area (Å²) in [5.41, 5.74) is 0. The van der Waals surface area contributed by atoms with Gasteiger partial charge in [0.1, 0.15) is 6.33 Å². The van der Waals surface area contributed by atoms with Gasteiger partial charge in [-0.25, -0.2) is 4.98 Å². The standard InChI is InChI=1S/C4H5ClN2S2/c5-1-2-8-4-6-3-7-9-4/h3H,1-2H2. The van der Waals surface area contributed by atoms with Gasteiger partial charge in [-0.05, 0) is 11.5 Å². The highest BCUT2D eigenvalue weighted by atomic mass is 35.5. The van der Waals surface area contributed by atoms with Crippen molar-refractivity contribution >= 4 is 34.9 Å². The van der Waals surface area contributed by atoms with Crippen LogP contribution >= 0.6 is 34.9 Å². The van der Waals surface area contributed by atoms with Crippen molar-refractivity contribution in [2.24, 2.45) is 0 Å². The maximum atomic E-state index is 5.45. The van der Waals surface area contributed by atoms with E-state index in [4.69, 9.17) is 11.6 Å². The molecule has 0 fully saturated rings. The maximum absolute atomic E-state index is 5.45. The van der Waals surface area contributed by atoms with Gasteiger partial charge < -0.3 is 0 Å². The normalized spacial score (nSPS) is 9.89. The smallest absolute Gasteiger partial charge is 0.169 e. The Kier molecular flexibility index (Phi) is 3.32. The van der Waals surface area contributed by atoms with Gasteiger partial charge in [0.25, 0.3) is 0 Å². The van der Waals surface area contributed by atoms with Crippen molar-refractivity contribution in [2.75, 3.05) is 11.6 Å². The maximum Gasteiger partial charge on any atom is 0.169 e. The molecule has 0 aliphatic rings. The van der Waals surface area contributed by atoms with Gasteiger partial charge in [-0.3, -0.25) is 0 Å². The second-order valence-corrected chi connectivity index (χ2v) is 3.74. The number of nitrogens with zero attached hydrogens (tertiary/aromatic N) is 2. The van der Waals surface area contributed by atoms with E-state index in [1.165, 1.54) is 11.5 Å². The first-order valence-corrected chi connectivity index (χ1v) is 4.68. The van der Waals surface area contributed by atoms with Crippen molar-refractivity contribution in [1.82, 2.24) is 9.36 Å². The Labute approximate surface area is 66.8 Å². The van der Waals surface area contributed by atoms with Crippen molar-refractivity contribution in [3.05, 3.63) is 6.33 Å². The number of hydrogen-bond acceptors (Lipinski definition) is 4. The van der Waals surface area contributed by atoms with Gasteiger partial charge in [-0.2, -0.15) is 4.37 Å². The fourth-order valence-electron chi connectivity index (χ4n) is 0.352. The molecule has 1 aromatic rings. The largest absolute Gasteiger partial charge is 0.216 e. The van der Waals surface area contributed by atoms with Gasteiger partial charge >= 0.3 is 0 Å². The van der Waals surface area contributed by atoms with E-state index in [9.17, 15) is 0 Å². The second kappa shape index (κ2) is 4.09. The molecule has 0 radical (unpaired) electrons. The summed E-state index contributed by atoms with van der Waals surface area (Å²) >= 11 is 8.50. The van der Waals surface area contributed by atoms with Crippen LogP contribution in [0.2, 0.25) is 0 Å². The summed E-state index contributed by atoms with van der Waals surface area (Å²) in [5, 5.41) is 0. The molecule has 0 atom stereocenters. The Bertz CT molecular complexity index is 154. The van der Waals surface area contributed by atoms with Crippen LogP contribution in [0.5, 0.6) is 0 Å². The fraction of sp³-hybridized carbons (Fsp3) is 0.500. The van der Waals surface area contributed by atoms with Crippen LogP contribution in [0, 0.1) is 0 Å².